The second kappa shape index (κ2) is 7.53. The predicted octanol–water partition coefficient (Wildman–Crippen LogP) is 1.32. The third kappa shape index (κ3) is 3.72. The summed E-state index contributed by atoms with van der Waals surface area (Å²) in [5.41, 5.74) is 0.484. The molecule has 1 aromatic rings. The summed E-state index contributed by atoms with van der Waals surface area (Å²) in [7, 11) is -3.69. The maximum absolute atomic E-state index is 12.6. The number of carboxylic acids is 1. The molecule has 0 bridgehead atoms. The van der Waals surface area contributed by atoms with Crippen molar-refractivity contribution in [3.63, 3.8) is 0 Å². The van der Waals surface area contributed by atoms with E-state index in [-0.39, 0.29) is 10.5 Å². The summed E-state index contributed by atoms with van der Waals surface area (Å²) in [5.74, 6) is -0.727. The van der Waals surface area contributed by atoms with Gasteiger partial charge in [0.25, 0.3) is 0 Å². The van der Waals surface area contributed by atoms with E-state index >= 15 is 0 Å². The quantitative estimate of drug-likeness (QED) is 0.770. The molecule has 24 heavy (non-hydrogen) atoms. The summed E-state index contributed by atoms with van der Waals surface area (Å²) >= 11 is 0. The van der Waals surface area contributed by atoms with Gasteiger partial charge in [-0.25, -0.2) is 8.42 Å². The third-order valence-corrected chi connectivity index (χ3v) is 6.70. The number of benzene rings is 1. The van der Waals surface area contributed by atoms with Crippen LogP contribution in [0.15, 0.2) is 23.1 Å². The van der Waals surface area contributed by atoms with Crippen molar-refractivity contribution < 1.29 is 18.3 Å². The Kier molecular flexibility index (Phi) is 5.87. The van der Waals surface area contributed by atoms with Gasteiger partial charge in [0.05, 0.1) is 10.9 Å². The van der Waals surface area contributed by atoms with Crippen molar-refractivity contribution in [2.45, 2.75) is 38.5 Å². The Balaban J connectivity index is 2.42. The van der Waals surface area contributed by atoms with Crippen molar-refractivity contribution in [2.75, 3.05) is 31.1 Å². The molecule has 0 atom stereocenters. The van der Waals surface area contributed by atoms with Gasteiger partial charge in [-0.15, -0.1) is 0 Å². The van der Waals surface area contributed by atoms with Crippen LogP contribution in [0.25, 0.3) is 0 Å². The van der Waals surface area contributed by atoms with E-state index in [1.165, 1.54) is 16.4 Å². The van der Waals surface area contributed by atoms with Gasteiger partial charge < -0.3 is 14.8 Å². The first-order valence-corrected chi connectivity index (χ1v) is 9.85. The highest BCUT2D eigenvalue weighted by Gasteiger charge is 2.25. The number of carbonyl (C=O) groups excluding carboxylic acids is 1. The smallest absolute Gasteiger partial charge is 0.243 e. The lowest BCUT2D eigenvalue weighted by atomic mass is 9.98. The summed E-state index contributed by atoms with van der Waals surface area (Å²) in [5, 5.41) is 11.6. The van der Waals surface area contributed by atoms with Gasteiger partial charge in [-0.1, -0.05) is 20.8 Å². The summed E-state index contributed by atoms with van der Waals surface area (Å²) in [6, 6.07) is 4.32. The van der Waals surface area contributed by atoms with Crippen LogP contribution in [0.4, 0.5) is 5.69 Å². The van der Waals surface area contributed by atoms with Crippen LogP contribution in [0.1, 0.15) is 44.0 Å². The Morgan fingerprint density at radius 2 is 1.83 bits per heavy atom. The van der Waals surface area contributed by atoms with Crippen LogP contribution in [-0.2, 0) is 10.0 Å². The summed E-state index contributed by atoms with van der Waals surface area (Å²) in [4.78, 5) is 13.6. The van der Waals surface area contributed by atoms with Crippen molar-refractivity contribution in [3.8, 4) is 0 Å². The minimum absolute atomic E-state index is 0.000438. The Morgan fingerprint density at radius 3 is 2.33 bits per heavy atom. The number of carbonyl (C=O) groups is 1. The second-order valence-corrected chi connectivity index (χ2v) is 8.16. The molecule has 1 heterocycles. The fourth-order valence-corrected chi connectivity index (χ4v) is 4.56. The SMILES string of the molecule is CCN(CC)S(=O)(=O)c1ccc(N2CCC(C)CC2)c(C(=O)[O-])c1. The highest BCUT2D eigenvalue weighted by Crippen LogP contribution is 2.29. The van der Waals surface area contributed by atoms with Crippen LogP contribution in [0, 0.1) is 5.92 Å². The zero-order valence-corrected chi connectivity index (χ0v) is 15.3. The number of hydrogen-bond acceptors (Lipinski definition) is 5. The number of carboxylic acid groups (broad SMARTS) is 1. The standard InChI is InChI=1S/C17H26N2O4S/c1-4-19(5-2)24(22,23)14-6-7-16(15(12-14)17(20)21)18-10-8-13(3)9-11-18/h6-7,12-13H,4-5,8-11H2,1-3H3,(H,20,21)/p-1. The molecule has 6 nitrogen and oxygen atoms in total. The maximum Gasteiger partial charge on any atom is 0.243 e. The van der Waals surface area contributed by atoms with Gasteiger partial charge in [0.1, 0.15) is 0 Å². The molecule has 0 aliphatic carbocycles. The fourth-order valence-electron chi connectivity index (χ4n) is 3.08. The van der Waals surface area contributed by atoms with Crippen LogP contribution < -0.4 is 10.0 Å². The molecule has 0 aromatic heterocycles. The molecule has 134 valence electrons. The molecule has 7 heteroatoms. The number of anilines is 1. The Bertz CT molecular complexity index is 691. The lowest BCUT2D eigenvalue weighted by Gasteiger charge is -2.34. The number of hydrogen-bond donors (Lipinski definition) is 0. The van der Waals surface area contributed by atoms with Gasteiger partial charge in [0.2, 0.25) is 10.0 Å². The molecular weight excluding hydrogens is 328 g/mol. The normalized spacial score (nSPS) is 16.6. The molecule has 1 aliphatic rings. The highest BCUT2D eigenvalue weighted by molar-refractivity contribution is 7.89. The Morgan fingerprint density at radius 1 is 1.25 bits per heavy atom. The number of piperidine rings is 1. The van der Waals surface area contributed by atoms with Crippen LogP contribution in [0.5, 0.6) is 0 Å². The first kappa shape index (κ1) is 18.7. The highest BCUT2D eigenvalue weighted by atomic mass is 32.2. The van der Waals surface area contributed by atoms with Gasteiger partial charge in [-0.05, 0) is 37.0 Å². The molecular formula is C17H25N2O4S-. The van der Waals surface area contributed by atoms with Crippen molar-refractivity contribution >= 4 is 21.7 Å². The van der Waals surface area contributed by atoms with Crippen LogP contribution >= 0.6 is 0 Å². The van der Waals surface area contributed by atoms with Crippen molar-refractivity contribution in [1.82, 2.24) is 4.31 Å². The lowest BCUT2D eigenvalue weighted by molar-refractivity contribution is -0.254. The first-order chi connectivity index (χ1) is 11.3. The summed E-state index contributed by atoms with van der Waals surface area (Å²) in [6.07, 6.45) is 1.98. The van der Waals surface area contributed by atoms with Gasteiger partial charge in [-0.3, -0.25) is 0 Å². The van der Waals surface area contributed by atoms with E-state index in [0.29, 0.717) is 24.7 Å². The zero-order valence-electron chi connectivity index (χ0n) is 14.5. The molecule has 0 radical (unpaired) electrons. The molecule has 2 rings (SSSR count). The molecule has 1 saturated heterocycles. The number of nitrogens with zero attached hydrogens (tertiary/aromatic N) is 2. The molecule has 1 aromatic carbocycles. The van der Waals surface area contributed by atoms with Gasteiger partial charge in [0, 0.05) is 37.4 Å². The van der Waals surface area contributed by atoms with Crippen LogP contribution in [0.2, 0.25) is 0 Å². The molecule has 0 saturated carbocycles. The van der Waals surface area contributed by atoms with Gasteiger partial charge >= 0.3 is 0 Å². The van der Waals surface area contributed by atoms with Crippen LogP contribution in [-0.4, -0.2) is 44.9 Å². The Hall–Kier alpha value is -1.60. The molecule has 0 amide bonds. The van der Waals surface area contributed by atoms with Crippen molar-refractivity contribution in [3.05, 3.63) is 23.8 Å². The number of sulfonamides is 1. The second-order valence-electron chi connectivity index (χ2n) is 6.23. The van der Waals surface area contributed by atoms with E-state index in [4.69, 9.17) is 0 Å². The molecule has 0 N–H and O–H groups in total. The largest absolute Gasteiger partial charge is 0.545 e. The van der Waals surface area contributed by atoms with Crippen molar-refractivity contribution in [1.29, 1.82) is 0 Å². The van der Waals surface area contributed by atoms with Crippen molar-refractivity contribution in [2.24, 2.45) is 5.92 Å². The lowest BCUT2D eigenvalue weighted by Crippen LogP contribution is -2.36. The van der Waals surface area contributed by atoms with E-state index in [2.05, 4.69) is 6.92 Å². The summed E-state index contributed by atoms with van der Waals surface area (Å²) in [6.45, 7) is 7.90. The average Bonchev–Trinajstić information content (AvgIpc) is 2.56. The molecule has 0 spiro atoms. The molecule has 1 fully saturated rings. The van der Waals surface area contributed by atoms with Crippen LogP contribution in [0.3, 0.4) is 0 Å². The minimum Gasteiger partial charge on any atom is -0.545 e. The monoisotopic (exact) mass is 353 g/mol. The predicted molar refractivity (Wildman–Crippen MR) is 91.5 cm³/mol. The topological polar surface area (TPSA) is 80.8 Å². The van der Waals surface area contributed by atoms with Gasteiger partial charge in [0.15, 0.2) is 0 Å². The van der Waals surface area contributed by atoms with E-state index in [1.807, 2.05) is 4.90 Å². The maximum atomic E-state index is 12.6. The fraction of sp³-hybridized carbons (Fsp3) is 0.588. The van der Waals surface area contributed by atoms with E-state index < -0.39 is 16.0 Å². The number of rotatable bonds is 6. The minimum atomic E-state index is -3.69. The van der Waals surface area contributed by atoms with E-state index in [9.17, 15) is 18.3 Å². The van der Waals surface area contributed by atoms with E-state index in [1.54, 1.807) is 19.9 Å². The average molecular weight is 353 g/mol. The van der Waals surface area contributed by atoms with E-state index in [0.717, 1.165) is 25.9 Å². The van der Waals surface area contributed by atoms with Gasteiger partial charge in [-0.2, -0.15) is 4.31 Å². The third-order valence-electron chi connectivity index (χ3n) is 4.66. The molecule has 0 unspecified atom stereocenters. The zero-order chi connectivity index (χ0) is 17.9. The summed E-state index contributed by atoms with van der Waals surface area (Å²) < 4.78 is 26.5. The number of aromatic carboxylic acids is 1. The molecule has 1 aliphatic heterocycles. The Labute approximate surface area is 144 Å². The first-order valence-electron chi connectivity index (χ1n) is 8.41.